The van der Waals surface area contributed by atoms with E-state index in [1.165, 1.54) is 13.2 Å². The smallest absolute Gasteiger partial charge is 0.322 e. The number of rotatable bonds is 4. The Morgan fingerprint density at radius 1 is 1.45 bits per heavy atom. The molecule has 0 radical (unpaired) electrons. The molecule has 0 aliphatic carbocycles. The first-order valence-corrected chi connectivity index (χ1v) is 7.80. The third kappa shape index (κ3) is 3.37. The van der Waals surface area contributed by atoms with E-state index >= 15 is 0 Å². The van der Waals surface area contributed by atoms with Crippen LogP contribution in [-0.2, 0) is 11.2 Å². The molecule has 0 saturated heterocycles. The van der Waals surface area contributed by atoms with E-state index in [9.17, 15) is 18.1 Å². The number of nitrogens with one attached hydrogen (secondary N) is 1. The summed E-state index contributed by atoms with van der Waals surface area (Å²) in [6.07, 6.45) is -1.65. The van der Waals surface area contributed by atoms with Crippen LogP contribution in [-0.4, -0.2) is 26.9 Å². The Labute approximate surface area is 132 Å². The van der Waals surface area contributed by atoms with Crippen LogP contribution in [0, 0.1) is 6.92 Å². The highest BCUT2D eigenvalue weighted by Gasteiger charge is 2.27. The van der Waals surface area contributed by atoms with E-state index in [-0.39, 0.29) is 27.4 Å². The lowest BCUT2D eigenvalue weighted by Crippen LogP contribution is -2.15. The highest BCUT2D eigenvalue weighted by atomic mass is 35.5. The van der Waals surface area contributed by atoms with Gasteiger partial charge in [0.2, 0.25) is 5.89 Å². The summed E-state index contributed by atoms with van der Waals surface area (Å²) in [6, 6.07) is 1.98. The van der Waals surface area contributed by atoms with Crippen LogP contribution in [0.3, 0.4) is 0 Å². The van der Waals surface area contributed by atoms with Gasteiger partial charge in [0.15, 0.2) is 4.90 Å². The average Bonchev–Trinajstić information content (AvgIpc) is 2.82. The molecule has 1 aromatic heterocycles. The van der Waals surface area contributed by atoms with Crippen molar-refractivity contribution in [2.75, 3.05) is 11.6 Å². The minimum atomic E-state index is -2.85. The Bertz CT molecular complexity index is 709. The lowest BCUT2D eigenvalue weighted by atomic mass is 10.1. The highest BCUT2D eigenvalue weighted by molar-refractivity contribution is 7.90. The Hall–Kier alpha value is -1.71. The Morgan fingerprint density at radius 3 is 2.64 bits per heavy atom. The van der Waals surface area contributed by atoms with Gasteiger partial charge in [0.05, 0.1) is 11.1 Å². The van der Waals surface area contributed by atoms with Crippen molar-refractivity contribution in [2.45, 2.75) is 18.2 Å². The molecular weight excluding hydrogens is 340 g/mol. The van der Waals surface area contributed by atoms with Crippen LogP contribution in [0.5, 0.6) is 0 Å². The van der Waals surface area contributed by atoms with Gasteiger partial charge in [-0.3, -0.25) is 10.1 Å². The van der Waals surface area contributed by atoms with E-state index in [1.807, 2.05) is 0 Å². The summed E-state index contributed by atoms with van der Waals surface area (Å²) in [4.78, 5) is 11.8. The van der Waals surface area contributed by atoms with Crippen LogP contribution in [0.15, 0.2) is 21.4 Å². The van der Waals surface area contributed by atoms with Crippen molar-refractivity contribution in [3.63, 3.8) is 0 Å². The molecule has 0 fully saturated rings. The van der Waals surface area contributed by atoms with E-state index in [2.05, 4.69) is 15.5 Å². The molecule has 0 aliphatic heterocycles. The number of benzene rings is 1. The number of carbonyl (C=O) groups excluding carboxylic acids is 1. The summed E-state index contributed by atoms with van der Waals surface area (Å²) in [7, 11) is 0. The Kier molecular flexibility index (Phi) is 4.99. The number of alkyl halides is 2. The molecule has 10 heteroatoms. The van der Waals surface area contributed by atoms with E-state index in [4.69, 9.17) is 16.0 Å². The first kappa shape index (κ1) is 16.7. The predicted octanol–water partition coefficient (Wildman–Crippen LogP) is 2.96. The van der Waals surface area contributed by atoms with Gasteiger partial charge in [0.1, 0.15) is 11.3 Å². The van der Waals surface area contributed by atoms with Crippen LogP contribution < -0.4 is 5.32 Å². The molecule has 1 N–H and O–H groups in total. The van der Waals surface area contributed by atoms with Crippen molar-refractivity contribution >= 4 is 34.7 Å². The van der Waals surface area contributed by atoms with Gasteiger partial charge in [-0.1, -0.05) is 16.7 Å². The highest BCUT2D eigenvalue weighted by Crippen LogP contribution is 2.34. The van der Waals surface area contributed by atoms with Crippen LogP contribution in [0.1, 0.15) is 28.2 Å². The second-order valence-corrected chi connectivity index (χ2v) is 5.88. The predicted molar refractivity (Wildman–Crippen MR) is 75.7 cm³/mol. The van der Waals surface area contributed by atoms with Crippen molar-refractivity contribution < 1.29 is 22.5 Å². The minimum Gasteiger partial charge on any atom is -0.612 e. The van der Waals surface area contributed by atoms with Gasteiger partial charge in [-0.15, -0.1) is 5.10 Å². The molecule has 0 aliphatic rings. The molecule has 1 amide bonds. The maximum Gasteiger partial charge on any atom is 0.322 e. The topological polar surface area (TPSA) is 91.1 Å². The molecule has 1 aromatic carbocycles. The third-order valence-corrected chi connectivity index (χ3v) is 4.16. The third-order valence-electron chi connectivity index (χ3n) is 2.64. The molecule has 0 spiro atoms. The SMILES string of the molecule is Cc1nnc(NC(=O)c2ccc(C(F)F)c([S@@+](C)[O-])c2Cl)o1. The summed E-state index contributed by atoms with van der Waals surface area (Å²) in [5.41, 5.74) is -0.594. The zero-order valence-electron chi connectivity index (χ0n) is 11.4. The van der Waals surface area contributed by atoms with Gasteiger partial charge >= 0.3 is 6.01 Å². The van der Waals surface area contributed by atoms with E-state index in [0.717, 1.165) is 12.1 Å². The summed E-state index contributed by atoms with van der Waals surface area (Å²) in [5, 5.41) is 9.09. The van der Waals surface area contributed by atoms with Crippen molar-refractivity contribution in [3.05, 3.63) is 34.2 Å². The van der Waals surface area contributed by atoms with Gasteiger partial charge < -0.3 is 8.97 Å². The average molecular weight is 350 g/mol. The molecular formula is C12H10ClF2N3O3S. The fourth-order valence-electron chi connectivity index (χ4n) is 1.72. The zero-order chi connectivity index (χ0) is 16.4. The summed E-state index contributed by atoms with van der Waals surface area (Å²) < 4.78 is 42.5. The van der Waals surface area contributed by atoms with Crippen molar-refractivity contribution in [3.8, 4) is 0 Å². The standard InChI is InChI=1S/C12H10ClF2N3O3S/c1-5-17-18-12(21-5)16-11(19)6-3-4-7(10(14)15)9(8(6)13)22(2)20/h3-4,10H,1-2H3,(H,16,18,19)/t22-/m1/s1. The lowest BCUT2D eigenvalue weighted by molar-refractivity contribution is 0.102. The fourth-order valence-corrected chi connectivity index (χ4v) is 3.16. The number of aryl methyl sites for hydroxylation is 1. The fraction of sp³-hybridized carbons (Fsp3) is 0.250. The van der Waals surface area contributed by atoms with Gasteiger partial charge in [-0.25, -0.2) is 8.78 Å². The number of hydrogen-bond donors (Lipinski definition) is 1. The summed E-state index contributed by atoms with van der Waals surface area (Å²) >= 11 is 4.18. The molecule has 0 saturated carbocycles. The number of carbonyl (C=O) groups is 1. The lowest BCUT2D eigenvalue weighted by Gasteiger charge is -2.14. The maximum atomic E-state index is 12.9. The van der Waals surface area contributed by atoms with Crippen molar-refractivity contribution in [2.24, 2.45) is 0 Å². The Balaban J connectivity index is 2.39. The monoisotopic (exact) mass is 349 g/mol. The van der Waals surface area contributed by atoms with Crippen LogP contribution in [0.4, 0.5) is 14.8 Å². The molecule has 118 valence electrons. The first-order chi connectivity index (χ1) is 10.3. The molecule has 0 bridgehead atoms. The quantitative estimate of drug-likeness (QED) is 0.857. The normalized spacial score (nSPS) is 12.5. The molecule has 1 heterocycles. The minimum absolute atomic E-state index is 0.118. The van der Waals surface area contributed by atoms with Gasteiger partial charge in [-0.05, 0) is 23.3 Å². The number of aromatic nitrogens is 2. The molecule has 22 heavy (non-hydrogen) atoms. The van der Waals surface area contributed by atoms with Crippen molar-refractivity contribution in [1.82, 2.24) is 10.2 Å². The number of amides is 1. The van der Waals surface area contributed by atoms with E-state index in [0.29, 0.717) is 0 Å². The van der Waals surface area contributed by atoms with Crippen LogP contribution in [0.2, 0.25) is 5.02 Å². The van der Waals surface area contributed by atoms with Crippen molar-refractivity contribution in [1.29, 1.82) is 0 Å². The van der Waals surface area contributed by atoms with Crippen LogP contribution >= 0.6 is 11.6 Å². The second-order valence-electron chi connectivity index (χ2n) is 4.18. The molecule has 6 nitrogen and oxygen atoms in total. The van der Waals surface area contributed by atoms with Gasteiger partial charge in [0.25, 0.3) is 12.3 Å². The number of nitrogens with zero attached hydrogens (tertiary/aromatic N) is 2. The summed E-state index contributed by atoms with van der Waals surface area (Å²) in [6.45, 7) is 1.53. The number of hydrogen-bond acceptors (Lipinski definition) is 5. The Morgan fingerprint density at radius 2 is 2.14 bits per heavy atom. The number of halogens is 3. The second kappa shape index (κ2) is 6.59. The largest absolute Gasteiger partial charge is 0.612 e. The number of anilines is 1. The molecule has 0 unspecified atom stereocenters. The van der Waals surface area contributed by atoms with Gasteiger partial charge in [0, 0.05) is 6.92 Å². The molecule has 2 rings (SSSR count). The maximum absolute atomic E-state index is 12.9. The van der Waals surface area contributed by atoms with Crippen LogP contribution in [0.25, 0.3) is 0 Å². The van der Waals surface area contributed by atoms with E-state index in [1.54, 1.807) is 0 Å². The van der Waals surface area contributed by atoms with Gasteiger partial charge in [-0.2, -0.15) is 0 Å². The molecule has 2 aromatic rings. The summed E-state index contributed by atoms with van der Waals surface area (Å²) in [5.74, 6) is -0.494. The first-order valence-electron chi connectivity index (χ1n) is 5.86. The van der Waals surface area contributed by atoms with E-state index < -0.39 is 29.1 Å². The molecule has 1 atom stereocenters. The zero-order valence-corrected chi connectivity index (χ0v) is 13.0.